The Morgan fingerprint density at radius 3 is 1.02 bits per heavy atom. The molecule has 0 spiro atoms. The zero-order valence-corrected chi connectivity index (χ0v) is 36.5. The lowest BCUT2D eigenvalue weighted by Crippen LogP contribution is -1.87. The fourth-order valence-electron chi connectivity index (χ4n) is 9.60. The van der Waals surface area contributed by atoms with E-state index in [4.69, 9.17) is 0 Å². The molecule has 0 aliphatic heterocycles. The molecule has 11 aromatic carbocycles. The first-order valence-corrected chi connectivity index (χ1v) is 23.1. The summed E-state index contributed by atoms with van der Waals surface area (Å²) in [6.45, 7) is 0. The van der Waals surface area contributed by atoms with E-state index in [2.05, 4.69) is 255 Å². The summed E-state index contributed by atoms with van der Waals surface area (Å²) in [4.78, 5) is 0. The molecule has 65 heavy (non-hydrogen) atoms. The van der Waals surface area contributed by atoms with Gasteiger partial charge in [-0.15, -0.1) is 11.3 Å². The highest BCUT2D eigenvalue weighted by molar-refractivity contribution is 7.27. The molecule has 0 atom stereocenters. The second-order valence-corrected chi connectivity index (χ2v) is 17.9. The number of fused-ring (bicyclic) bond motifs is 5. The molecule has 0 saturated carbocycles. The SMILES string of the molecule is c1ccc(-c2cc(-c3ccccc3)cc(-c3cccc(-c4cccc5c4sc4c(-c6cccc(-c7cc(-c8ccccc8)cc(-c8ccccc8)c7)c6)cc6ccccc6c45)c3)c2)cc1. The standard InChI is InChI=1S/C64H42S/c1-5-18-43(19-6-1)52-36-53(44-20-7-2-8-21-44)39-56(38-52)47-27-15-29-49(34-47)59-32-17-33-60-62-58-31-14-13-26-51(58)42-61(64(62)65-63(59)60)50-30-16-28-48(35-50)57-40-54(45-22-9-3-10-23-45)37-55(41-57)46-24-11-4-12-25-46/h1-42H. The molecule has 1 aromatic heterocycles. The predicted octanol–water partition coefficient (Wildman–Crippen LogP) is 18.5. The van der Waals surface area contributed by atoms with Crippen molar-refractivity contribution in [1.29, 1.82) is 0 Å². The predicted molar refractivity (Wildman–Crippen MR) is 280 cm³/mol. The summed E-state index contributed by atoms with van der Waals surface area (Å²) in [5.41, 5.74) is 19.4. The van der Waals surface area contributed by atoms with Gasteiger partial charge in [0.05, 0.1) is 0 Å². The minimum absolute atomic E-state index is 1.20. The first-order valence-electron chi connectivity index (χ1n) is 22.3. The van der Waals surface area contributed by atoms with E-state index in [9.17, 15) is 0 Å². The average molecular weight is 843 g/mol. The van der Waals surface area contributed by atoms with Gasteiger partial charge in [0, 0.05) is 25.7 Å². The van der Waals surface area contributed by atoms with Crippen molar-refractivity contribution in [2.45, 2.75) is 0 Å². The summed E-state index contributed by atoms with van der Waals surface area (Å²) >= 11 is 1.92. The average Bonchev–Trinajstić information content (AvgIpc) is 3.80. The van der Waals surface area contributed by atoms with E-state index >= 15 is 0 Å². The summed E-state index contributed by atoms with van der Waals surface area (Å²) in [6.07, 6.45) is 0. The summed E-state index contributed by atoms with van der Waals surface area (Å²) < 4.78 is 2.62. The second-order valence-electron chi connectivity index (χ2n) is 16.9. The van der Waals surface area contributed by atoms with Crippen molar-refractivity contribution >= 4 is 42.3 Å². The van der Waals surface area contributed by atoms with Gasteiger partial charge in [-0.05, 0) is 149 Å². The zero-order valence-electron chi connectivity index (χ0n) is 35.7. The number of hydrogen-bond donors (Lipinski definition) is 0. The fraction of sp³-hybridized carbons (Fsp3) is 0. The van der Waals surface area contributed by atoms with Crippen molar-refractivity contribution in [3.8, 4) is 89.0 Å². The second kappa shape index (κ2) is 16.5. The Morgan fingerprint density at radius 2 is 0.538 bits per heavy atom. The van der Waals surface area contributed by atoms with Crippen LogP contribution in [-0.4, -0.2) is 0 Å². The van der Waals surface area contributed by atoms with Gasteiger partial charge in [-0.1, -0.05) is 200 Å². The first kappa shape index (κ1) is 38.6. The molecule has 0 nitrogen and oxygen atoms in total. The number of benzene rings is 11. The lowest BCUT2D eigenvalue weighted by atomic mass is 9.91. The molecule has 0 aliphatic carbocycles. The summed E-state index contributed by atoms with van der Waals surface area (Å²) in [5.74, 6) is 0. The summed E-state index contributed by atoms with van der Waals surface area (Å²) in [6, 6.07) is 93.4. The van der Waals surface area contributed by atoms with Gasteiger partial charge < -0.3 is 0 Å². The van der Waals surface area contributed by atoms with Gasteiger partial charge in [-0.2, -0.15) is 0 Å². The smallest absolute Gasteiger partial charge is 0.0440 e. The van der Waals surface area contributed by atoms with Crippen LogP contribution in [0, 0.1) is 0 Å². The van der Waals surface area contributed by atoms with Crippen LogP contribution < -0.4 is 0 Å². The molecule has 0 aliphatic rings. The van der Waals surface area contributed by atoms with Crippen molar-refractivity contribution in [1.82, 2.24) is 0 Å². The highest BCUT2D eigenvalue weighted by atomic mass is 32.1. The number of thiophene rings is 1. The Balaban J connectivity index is 1.01. The Hall–Kier alpha value is -8.10. The lowest BCUT2D eigenvalue weighted by molar-refractivity contribution is 1.56. The summed E-state index contributed by atoms with van der Waals surface area (Å²) in [5, 5.41) is 5.15. The van der Waals surface area contributed by atoms with Gasteiger partial charge in [-0.25, -0.2) is 0 Å². The van der Waals surface area contributed by atoms with Crippen LogP contribution in [-0.2, 0) is 0 Å². The Morgan fingerprint density at radius 1 is 0.200 bits per heavy atom. The monoisotopic (exact) mass is 842 g/mol. The van der Waals surface area contributed by atoms with E-state index < -0.39 is 0 Å². The number of rotatable bonds is 8. The molecular formula is C64H42S. The van der Waals surface area contributed by atoms with Crippen LogP contribution in [0.3, 0.4) is 0 Å². The quantitative estimate of drug-likeness (QED) is 0.143. The van der Waals surface area contributed by atoms with Crippen LogP contribution in [0.1, 0.15) is 0 Å². The van der Waals surface area contributed by atoms with E-state index in [0.717, 1.165) is 0 Å². The van der Waals surface area contributed by atoms with Crippen molar-refractivity contribution in [2.24, 2.45) is 0 Å². The van der Waals surface area contributed by atoms with Crippen LogP contribution in [0.15, 0.2) is 255 Å². The highest BCUT2D eigenvalue weighted by Gasteiger charge is 2.19. The van der Waals surface area contributed by atoms with Crippen LogP contribution in [0.25, 0.3) is 120 Å². The van der Waals surface area contributed by atoms with Gasteiger partial charge in [0.2, 0.25) is 0 Å². The third kappa shape index (κ3) is 7.32. The molecule has 0 saturated heterocycles. The van der Waals surface area contributed by atoms with Gasteiger partial charge in [0.1, 0.15) is 0 Å². The van der Waals surface area contributed by atoms with E-state index in [-0.39, 0.29) is 0 Å². The van der Waals surface area contributed by atoms with Gasteiger partial charge in [0.25, 0.3) is 0 Å². The molecule has 1 heterocycles. The molecule has 0 N–H and O–H groups in total. The first-order chi connectivity index (χ1) is 32.2. The van der Waals surface area contributed by atoms with Crippen LogP contribution in [0.4, 0.5) is 0 Å². The third-order valence-electron chi connectivity index (χ3n) is 12.8. The Labute approximate surface area is 384 Å². The topological polar surface area (TPSA) is 0 Å². The number of hydrogen-bond acceptors (Lipinski definition) is 1. The molecule has 1 heteroatoms. The van der Waals surface area contributed by atoms with E-state index in [0.29, 0.717) is 0 Å². The molecule has 0 bridgehead atoms. The van der Waals surface area contributed by atoms with Gasteiger partial charge >= 0.3 is 0 Å². The molecular weight excluding hydrogens is 801 g/mol. The molecule has 0 radical (unpaired) electrons. The van der Waals surface area contributed by atoms with Crippen LogP contribution in [0.5, 0.6) is 0 Å². The summed E-state index contributed by atoms with van der Waals surface area (Å²) in [7, 11) is 0. The normalized spacial score (nSPS) is 11.4. The maximum Gasteiger partial charge on any atom is 0.0440 e. The van der Waals surface area contributed by atoms with Crippen molar-refractivity contribution in [2.75, 3.05) is 0 Å². The van der Waals surface area contributed by atoms with Crippen LogP contribution in [0.2, 0.25) is 0 Å². The highest BCUT2D eigenvalue weighted by Crippen LogP contribution is 2.48. The minimum Gasteiger partial charge on any atom is -0.134 e. The van der Waals surface area contributed by atoms with Gasteiger partial charge in [-0.3, -0.25) is 0 Å². The Kier molecular flexibility index (Phi) is 9.82. The van der Waals surface area contributed by atoms with Gasteiger partial charge in [0.15, 0.2) is 0 Å². The molecule has 0 unspecified atom stereocenters. The van der Waals surface area contributed by atoms with E-state index in [1.54, 1.807) is 0 Å². The maximum atomic E-state index is 2.41. The van der Waals surface area contributed by atoms with Crippen molar-refractivity contribution in [3.63, 3.8) is 0 Å². The van der Waals surface area contributed by atoms with Crippen LogP contribution >= 0.6 is 11.3 Å². The largest absolute Gasteiger partial charge is 0.134 e. The third-order valence-corrected chi connectivity index (χ3v) is 14.1. The molecule has 0 amide bonds. The minimum atomic E-state index is 1.20. The van der Waals surface area contributed by atoms with E-state index in [1.165, 1.54) is 120 Å². The molecule has 0 fully saturated rings. The zero-order chi connectivity index (χ0) is 43.1. The van der Waals surface area contributed by atoms with E-state index in [1.807, 2.05) is 11.3 Å². The lowest BCUT2D eigenvalue weighted by Gasteiger charge is -2.13. The fourth-order valence-corrected chi connectivity index (χ4v) is 11.0. The Bertz CT molecular complexity index is 3560. The van der Waals surface area contributed by atoms with Crippen molar-refractivity contribution < 1.29 is 0 Å². The molecule has 12 rings (SSSR count). The molecule has 304 valence electrons. The maximum absolute atomic E-state index is 2.41. The van der Waals surface area contributed by atoms with Crippen molar-refractivity contribution in [3.05, 3.63) is 255 Å². The molecule has 12 aromatic rings.